The number of likely N-dealkylation sites (tertiary alicyclic amines) is 1. The van der Waals surface area contributed by atoms with Gasteiger partial charge in [-0.05, 0) is 63.4 Å². The van der Waals surface area contributed by atoms with Gasteiger partial charge in [-0.15, -0.1) is 0 Å². The Morgan fingerprint density at radius 2 is 1.94 bits per heavy atom. The molecule has 3 fully saturated rings. The van der Waals surface area contributed by atoms with Gasteiger partial charge in [0.05, 0.1) is 24.7 Å². The largest absolute Gasteiger partial charge is 0.447 e. The number of hydrogen-bond acceptors (Lipinski definition) is 7. The van der Waals surface area contributed by atoms with Crippen LogP contribution in [-0.2, 0) is 11.3 Å². The number of nitrogens with one attached hydrogen (secondary N) is 1. The van der Waals surface area contributed by atoms with Crippen molar-refractivity contribution in [1.29, 1.82) is 0 Å². The summed E-state index contributed by atoms with van der Waals surface area (Å²) in [5, 5.41) is 3.31. The Bertz CT molecular complexity index is 1080. The molecular weight excluding hydrogens is 466 g/mol. The number of piperidine rings is 1. The number of anilines is 2. The second-order valence-corrected chi connectivity index (χ2v) is 10.4. The second-order valence-electron chi connectivity index (χ2n) is 10.4. The first-order valence-electron chi connectivity index (χ1n) is 12.6. The molecule has 1 unspecified atom stereocenters. The minimum absolute atomic E-state index is 0.0406. The van der Waals surface area contributed by atoms with Crippen LogP contribution in [0.25, 0.3) is 0 Å². The molecule has 1 N–H and O–H groups in total. The average Bonchev–Trinajstić information content (AvgIpc) is 3.60. The van der Waals surface area contributed by atoms with E-state index in [1.807, 2.05) is 36.1 Å². The number of hydrogen-bond donors (Lipinski definition) is 1. The van der Waals surface area contributed by atoms with Crippen molar-refractivity contribution in [3.05, 3.63) is 47.7 Å². The molecule has 1 amide bonds. The maximum absolute atomic E-state index is 14.5. The fraction of sp³-hybridized carbons (Fsp3) is 0.577. The van der Waals surface area contributed by atoms with Gasteiger partial charge in [0.2, 0.25) is 5.95 Å². The van der Waals surface area contributed by atoms with Crippen LogP contribution in [0.4, 0.5) is 25.3 Å². The number of nitrogens with zero attached hydrogens (tertiary/aromatic N) is 5. The van der Waals surface area contributed by atoms with Crippen LogP contribution in [0, 0.1) is 5.92 Å². The number of cyclic esters (lactones) is 1. The van der Waals surface area contributed by atoms with Crippen molar-refractivity contribution in [1.82, 2.24) is 19.8 Å². The van der Waals surface area contributed by atoms with Gasteiger partial charge in [0.15, 0.2) is 0 Å². The number of aromatic nitrogens is 2. The molecule has 3 aliphatic rings. The number of carbonyl (C=O) groups excluding carboxylic acids is 1. The Morgan fingerprint density at radius 3 is 2.61 bits per heavy atom. The lowest BCUT2D eigenvalue weighted by molar-refractivity contribution is -0.119. The lowest BCUT2D eigenvalue weighted by atomic mass is 9.99. The summed E-state index contributed by atoms with van der Waals surface area (Å²) in [5.74, 6) is -1.27. The summed E-state index contributed by atoms with van der Waals surface area (Å²) >= 11 is 0. The van der Waals surface area contributed by atoms with E-state index >= 15 is 0 Å². The van der Waals surface area contributed by atoms with Crippen molar-refractivity contribution in [2.75, 3.05) is 44.0 Å². The van der Waals surface area contributed by atoms with Crippen molar-refractivity contribution in [3.8, 4) is 0 Å². The normalized spacial score (nSPS) is 25.2. The Kier molecular flexibility index (Phi) is 6.82. The molecule has 2 aliphatic heterocycles. The molecule has 2 aromatic rings. The molecule has 3 heterocycles. The van der Waals surface area contributed by atoms with E-state index in [1.54, 1.807) is 36.2 Å². The summed E-state index contributed by atoms with van der Waals surface area (Å²) in [7, 11) is 3.43. The Balaban J connectivity index is 1.20. The molecule has 1 aromatic carbocycles. The van der Waals surface area contributed by atoms with E-state index in [9.17, 15) is 13.6 Å². The minimum atomic E-state index is -2.72. The third-order valence-corrected chi connectivity index (χ3v) is 7.46. The highest BCUT2D eigenvalue weighted by atomic mass is 19.3. The molecule has 10 heteroatoms. The van der Waals surface area contributed by atoms with E-state index in [0.29, 0.717) is 43.8 Å². The van der Waals surface area contributed by atoms with E-state index in [2.05, 4.69) is 15.3 Å². The summed E-state index contributed by atoms with van der Waals surface area (Å²) < 4.78 is 34.3. The van der Waals surface area contributed by atoms with Crippen molar-refractivity contribution in [3.63, 3.8) is 0 Å². The van der Waals surface area contributed by atoms with Crippen LogP contribution in [0.15, 0.2) is 36.5 Å². The first-order valence-corrected chi connectivity index (χ1v) is 12.6. The third kappa shape index (κ3) is 5.29. The van der Waals surface area contributed by atoms with Gasteiger partial charge in [0.1, 0.15) is 12.4 Å². The van der Waals surface area contributed by atoms with Crippen LogP contribution in [0.1, 0.15) is 43.4 Å². The van der Waals surface area contributed by atoms with Gasteiger partial charge in [-0.2, -0.15) is 4.98 Å². The molecule has 1 saturated carbocycles. The first kappa shape index (κ1) is 24.8. The Labute approximate surface area is 210 Å². The fourth-order valence-electron chi connectivity index (χ4n) is 5.30. The van der Waals surface area contributed by atoms with Crippen LogP contribution in [-0.4, -0.2) is 77.7 Å². The smallest absolute Gasteiger partial charge is 0.415 e. The van der Waals surface area contributed by atoms with Crippen LogP contribution < -0.4 is 10.2 Å². The molecule has 1 aromatic heterocycles. The van der Waals surface area contributed by atoms with E-state index < -0.39 is 12.0 Å². The molecule has 1 aliphatic carbocycles. The highest BCUT2D eigenvalue weighted by Crippen LogP contribution is 2.39. The second kappa shape index (κ2) is 9.89. The number of rotatable bonds is 8. The summed E-state index contributed by atoms with van der Waals surface area (Å²) in [6.45, 7) is 3.34. The zero-order valence-electron chi connectivity index (χ0n) is 21.0. The lowest BCUT2D eigenvalue weighted by Crippen LogP contribution is -2.56. The maximum atomic E-state index is 14.5. The number of amides is 1. The first-order chi connectivity index (χ1) is 17.2. The van der Waals surface area contributed by atoms with Gasteiger partial charge >= 0.3 is 6.09 Å². The van der Waals surface area contributed by atoms with Gasteiger partial charge in [-0.25, -0.2) is 18.6 Å². The monoisotopic (exact) mass is 500 g/mol. The Morgan fingerprint density at radius 1 is 1.19 bits per heavy atom. The van der Waals surface area contributed by atoms with Gasteiger partial charge < -0.3 is 15.0 Å². The number of carbonyl (C=O) groups is 1. The number of alkyl halides is 2. The van der Waals surface area contributed by atoms with E-state index in [1.165, 1.54) is 0 Å². The summed E-state index contributed by atoms with van der Waals surface area (Å²) in [5.41, 5.74) is 2.03. The summed E-state index contributed by atoms with van der Waals surface area (Å²) in [6.07, 6.45) is 3.96. The topological polar surface area (TPSA) is 73.8 Å². The highest BCUT2D eigenvalue weighted by Gasteiger charge is 2.46. The Hall–Kier alpha value is -2.85. The van der Waals surface area contributed by atoms with Gasteiger partial charge in [-0.1, -0.05) is 24.3 Å². The summed E-state index contributed by atoms with van der Waals surface area (Å²) in [4.78, 5) is 26.3. The average molecular weight is 501 g/mol. The number of benzene rings is 1. The van der Waals surface area contributed by atoms with Crippen molar-refractivity contribution >= 4 is 17.9 Å². The summed E-state index contributed by atoms with van der Waals surface area (Å²) in [6, 6.07) is 8.96. The van der Waals surface area contributed by atoms with Crippen LogP contribution in [0.2, 0.25) is 0 Å². The maximum Gasteiger partial charge on any atom is 0.415 e. The molecule has 0 spiro atoms. The SMILES string of the molecule is C[C@H](Nc1nccc(N2C(=O)OC[C@@H]2C2CC2)n1)c1ccc(CN2CCC(N(C)C)C(F)(F)C2)cc1. The van der Waals surface area contributed by atoms with Crippen LogP contribution in [0.5, 0.6) is 0 Å². The van der Waals surface area contributed by atoms with Crippen molar-refractivity contribution in [2.45, 2.75) is 56.8 Å². The van der Waals surface area contributed by atoms with Crippen molar-refractivity contribution in [2.24, 2.45) is 5.92 Å². The molecule has 8 nitrogen and oxygen atoms in total. The number of halogens is 2. The molecule has 194 valence electrons. The van der Waals surface area contributed by atoms with Gasteiger partial charge in [0, 0.05) is 19.3 Å². The standard InChI is InChI=1S/C26H34F2N6O2/c1-17(30-24-29-12-10-23(31-24)34-21(20-8-9-20)15-36-25(34)35)19-6-4-18(5-7-19)14-33-13-11-22(32(2)3)26(27,28)16-33/h4-7,10,12,17,20-22H,8-9,11,13-16H2,1-3H3,(H,29,30,31)/t17-,21+,22?/m0/s1. The predicted octanol–water partition coefficient (Wildman–Crippen LogP) is 4.16. The molecule has 0 bridgehead atoms. The molecule has 3 atom stereocenters. The molecule has 5 rings (SSSR count). The predicted molar refractivity (Wildman–Crippen MR) is 133 cm³/mol. The minimum Gasteiger partial charge on any atom is -0.447 e. The van der Waals surface area contributed by atoms with E-state index in [-0.39, 0.29) is 24.7 Å². The quantitative estimate of drug-likeness (QED) is 0.584. The lowest BCUT2D eigenvalue weighted by Gasteiger charge is -2.41. The number of ether oxygens (including phenoxy) is 1. The molecule has 0 radical (unpaired) electrons. The van der Waals surface area contributed by atoms with Gasteiger partial charge in [0.25, 0.3) is 5.92 Å². The van der Waals surface area contributed by atoms with Crippen LogP contribution >= 0.6 is 0 Å². The zero-order valence-corrected chi connectivity index (χ0v) is 21.0. The van der Waals surface area contributed by atoms with E-state index in [0.717, 1.165) is 24.0 Å². The molecular formula is C26H34F2N6O2. The third-order valence-electron chi connectivity index (χ3n) is 7.46. The highest BCUT2D eigenvalue weighted by molar-refractivity contribution is 5.89. The van der Waals surface area contributed by atoms with Crippen LogP contribution in [0.3, 0.4) is 0 Å². The fourth-order valence-corrected chi connectivity index (χ4v) is 5.30. The molecule has 2 saturated heterocycles. The molecule has 36 heavy (non-hydrogen) atoms. The van der Waals surface area contributed by atoms with Crippen molar-refractivity contribution < 1.29 is 18.3 Å². The van der Waals surface area contributed by atoms with E-state index in [4.69, 9.17) is 4.74 Å². The van der Waals surface area contributed by atoms with Gasteiger partial charge in [-0.3, -0.25) is 9.80 Å². The zero-order chi connectivity index (χ0) is 25.4.